The minimum absolute atomic E-state index is 0.606. The van der Waals surface area contributed by atoms with E-state index in [1.807, 2.05) is 13.0 Å². The first-order chi connectivity index (χ1) is 10.1. The lowest BCUT2D eigenvalue weighted by Crippen LogP contribution is -2.34. The van der Waals surface area contributed by atoms with Crippen LogP contribution in [-0.2, 0) is 10.2 Å². The summed E-state index contributed by atoms with van der Waals surface area (Å²) in [6.45, 7) is 3.17. The maximum atomic E-state index is 12.0. The van der Waals surface area contributed by atoms with Gasteiger partial charge in [0.1, 0.15) is 0 Å². The molecule has 3 rings (SSSR count). The number of aliphatic carboxylic acids is 1. The third kappa shape index (κ3) is 2.31. The largest absolute Gasteiger partial charge is 0.490 e. The topological polar surface area (TPSA) is 55.8 Å². The Hall–Kier alpha value is -1.23. The van der Waals surface area contributed by atoms with E-state index in [0.717, 1.165) is 34.9 Å². The molecule has 0 amide bonds. The zero-order valence-electron chi connectivity index (χ0n) is 12.1. The predicted molar refractivity (Wildman–Crippen MR) is 82.3 cm³/mol. The molecular formula is C16H19BrO4. The molecule has 0 aromatic heterocycles. The number of carboxylic acid groups (broad SMARTS) is 1. The third-order valence-corrected chi connectivity index (χ3v) is 5.20. The van der Waals surface area contributed by atoms with Crippen molar-refractivity contribution >= 4 is 21.9 Å². The van der Waals surface area contributed by atoms with Crippen molar-refractivity contribution in [2.45, 2.75) is 44.4 Å². The Morgan fingerprint density at radius 2 is 1.90 bits per heavy atom. The second kappa shape index (κ2) is 5.52. The summed E-state index contributed by atoms with van der Waals surface area (Å²) >= 11 is 3.57. The van der Waals surface area contributed by atoms with Crippen LogP contribution in [-0.4, -0.2) is 24.3 Å². The lowest BCUT2D eigenvalue weighted by molar-refractivity contribution is -0.143. The normalized spacial score (nSPS) is 20.1. The van der Waals surface area contributed by atoms with Crippen molar-refractivity contribution in [1.29, 1.82) is 0 Å². The first-order valence-electron chi connectivity index (χ1n) is 7.39. The van der Waals surface area contributed by atoms with Gasteiger partial charge in [0.15, 0.2) is 11.5 Å². The van der Waals surface area contributed by atoms with Crippen LogP contribution in [0.3, 0.4) is 0 Å². The number of halogens is 1. The van der Waals surface area contributed by atoms with Crippen LogP contribution in [0.4, 0.5) is 0 Å². The standard InChI is InChI=1S/C16H19BrO4/c1-10-13(16(15(18)19)5-2-3-6-16)11(17)9-12-14(10)21-8-4-7-20-12/h9H,2-8H2,1H3,(H,18,19). The number of hydrogen-bond donors (Lipinski definition) is 1. The second-order valence-electron chi connectivity index (χ2n) is 5.83. The SMILES string of the molecule is Cc1c2c(cc(Br)c1C1(C(=O)O)CCCC1)OCCCO2. The van der Waals surface area contributed by atoms with E-state index in [2.05, 4.69) is 15.9 Å². The Kier molecular flexibility index (Phi) is 3.86. The van der Waals surface area contributed by atoms with Gasteiger partial charge in [-0.25, -0.2) is 0 Å². The van der Waals surface area contributed by atoms with E-state index < -0.39 is 11.4 Å². The highest BCUT2D eigenvalue weighted by Crippen LogP contribution is 2.50. The van der Waals surface area contributed by atoms with Crippen molar-refractivity contribution in [3.05, 3.63) is 21.7 Å². The maximum absolute atomic E-state index is 12.0. The fraction of sp³-hybridized carbons (Fsp3) is 0.562. The molecule has 1 aliphatic carbocycles. The van der Waals surface area contributed by atoms with Gasteiger partial charge in [0.2, 0.25) is 0 Å². The molecule has 1 fully saturated rings. The Labute approximate surface area is 132 Å². The lowest BCUT2D eigenvalue weighted by atomic mass is 9.76. The first-order valence-corrected chi connectivity index (χ1v) is 8.18. The molecule has 0 spiro atoms. The fourth-order valence-electron chi connectivity index (χ4n) is 3.57. The number of fused-ring (bicyclic) bond motifs is 1. The summed E-state index contributed by atoms with van der Waals surface area (Å²) in [7, 11) is 0. The minimum atomic E-state index is -0.798. The Balaban J connectivity index is 2.19. The van der Waals surface area contributed by atoms with Gasteiger partial charge in [-0.15, -0.1) is 0 Å². The summed E-state index contributed by atoms with van der Waals surface area (Å²) in [5.41, 5.74) is 0.954. The lowest BCUT2D eigenvalue weighted by Gasteiger charge is -2.29. The fourth-order valence-corrected chi connectivity index (χ4v) is 4.45. The van der Waals surface area contributed by atoms with Crippen LogP contribution >= 0.6 is 15.9 Å². The molecule has 0 unspecified atom stereocenters. The highest BCUT2D eigenvalue weighted by Gasteiger charge is 2.46. The number of rotatable bonds is 2. The van der Waals surface area contributed by atoms with E-state index in [9.17, 15) is 9.90 Å². The molecule has 2 aliphatic rings. The van der Waals surface area contributed by atoms with Gasteiger partial charge in [-0.2, -0.15) is 0 Å². The Morgan fingerprint density at radius 1 is 1.24 bits per heavy atom. The van der Waals surface area contributed by atoms with Gasteiger partial charge in [-0.05, 0) is 31.4 Å². The van der Waals surface area contributed by atoms with Crippen molar-refractivity contribution in [3.8, 4) is 11.5 Å². The molecule has 114 valence electrons. The summed E-state index contributed by atoms with van der Waals surface area (Å²) in [4.78, 5) is 12.0. The van der Waals surface area contributed by atoms with Crippen LogP contribution < -0.4 is 9.47 Å². The van der Waals surface area contributed by atoms with Crippen LogP contribution in [0, 0.1) is 6.92 Å². The number of hydrogen-bond acceptors (Lipinski definition) is 3. The predicted octanol–water partition coefficient (Wildman–Crippen LogP) is 3.82. The van der Waals surface area contributed by atoms with Crippen molar-refractivity contribution in [1.82, 2.24) is 0 Å². The molecule has 0 saturated heterocycles. The highest BCUT2D eigenvalue weighted by atomic mass is 79.9. The molecule has 4 nitrogen and oxygen atoms in total. The first kappa shape index (κ1) is 14.7. The summed E-state index contributed by atoms with van der Waals surface area (Å²) in [6.07, 6.45) is 4.10. The zero-order valence-corrected chi connectivity index (χ0v) is 13.7. The van der Waals surface area contributed by atoms with Gasteiger partial charge in [0.25, 0.3) is 0 Å². The zero-order chi connectivity index (χ0) is 15.0. The molecule has 1 aliphatic heterocycles. The van der Waals surface area contributed by atoms with E-state index in [4.69, 9.17) is 9.47 Å². The number of ether oxygens (including phenoxy) is 2. The van der Waals surface area contributed by atoms with E-state index in [1.54, 1.807) is 0 Å². The molecular weight excluding hydrogens is 336 g/mol. The molecule has 1 aromatic rings. The maximum Gasteiger partial charge on any atom is 0.314 e. The molecule has 21 heavy (non-hydrogen) atoms. The quantitative estimate of drug-likeness (QED) is 0.876. The van der Waals surface area contributed by atoms with Gasteiger partial charge >= 0.3 is 5.97 Å². The summed E-state index contributed by atoms with van der Waals surface area (Å²) in [6, 6.07) is 1.87. The summed E-state index contributed by atoms with van der Waals surface area (Å²) in [5.74, 6) is 0.677. The van der Waals surface area contributed by atoms with Crippen molar-refractivity contribution in [3.63, 3.8) is 0 Å². The van der Waals surface area contributed by atoms with Gasteiger partial charge in [0.05, 0.1) is 18.6 Å². The average molecular weight is 355 g/mol. The summed E-state index contributed by atoms with van der Waals surface area (Å²) < 4.78 is 12.4. The molecule has 0 bridgehead atoms. The van der Waals surface area contributed by atoms with Crippen LogP contribution in [0.1, 0.15) is 43.2 Å². The van der Waals surface area contributed by atoms with Crippen molar-refractivity contribution < 1.29 is 19.4 Å². The van der Waals surface area contributed by atoms with Crippen LogP contribution in [0.15, 0.2) is 10.5 Å². The number of carbonyl (C=O) groups is 1. The molecule has 0 radical (unpaired) electrons. The van der Waals surface area contributed by atoms with Gasteiger partial charge in [-0.3, -0.25) is 4.79 Å². The number of carboxylic acids is 1. The molecule has 1 N–H and O–H groups in total. The van der Waals surface area contributed by atoms with E-state index in [-0.39, 0.29) is 0 Å². The molecule has 1 saturated carbocycles. The smallest absolute Gasteiger partial charge is 0.314 e. The third-order valence-electron chi connectivity index (χ3n) is 4.57. The second-order valence-corrected chi connectivity index (χ2v) is 6.68. The van der Waals surface area contributed by atoms with Crippen LogP contribution in [0.5, 0.6) is 11.5 Å². The van der Waals surface area contributed by atoms with Crippen molar-refractivity contribution in [2.24, 2.45) is 0 Å². The van der Waals surface area contributed by atoms with Crippen molar-refractivity contribution in [2.75, 3.05) is 13.2 Å². The number of benzene rings is 1. The molecule has 1 aromatic carbocycles. The van der Waals surface area contributed by atoms with Crippen LogP contribution in [0.25, 0.3) is 0 Å². The van der Waals surface area contributed by atoms with Gasteiger partial charge < -0.3 is 14.6 Å². The Morgan fingerprint density at radius 3 is 2.57 bits per heavy atom. The van der Waals surface area contributed by atoms with E-state index in [0.29, 0.717) is 37.6 Å². The monoisotopic (exact) mass is 354 g/mol. The molecule has 1 heterocycles. The van der Waals surface area contributed by atoms with E-state index in [1.165, 1.54) is 0 Å². The highest BCUT2D eigenvalue weighted by molar-refractivity contribution is 9.10. The average Bonchev–Trinajstić information content (AvgIpc) is 2.80. The molecule has 5 heteroatoms. The van der Waals surface area contributed by atoms with E-state index >= 15 is 0 Å². The molecule has 0 atom stereocenters. The minimum Gasteiger partial charge on any atom is -0.490 e. The Bertz CT molecular complexity index is 576. The van der Waals surface area contributed by atoms with Gasteiger partial charge in [0, 0.05) is 16.5 Å². The summed E-state index contributed by atoms with van der Waals surface area (Å²) in [5, 5.41) is 9.83. The van der Waals surface area contributed by atoms with Crippen LogP contribution in [0.2, 0.25) is 0 Å². The van der Waals surface area contributed by atoms with Gasteiger partial charge in [-0.1, -0.05) is 28.8 Å².